The van der Waals surface area contributed by atoms with E-state index in [1.807, 2.05) is 6.08 Å². The van der Waals surface area contributed by atoms with Gasteiger partial charge in [-0.3, -0.25) is 0 Å². The Morgan fingerprint density at radius 2 is 2.06 bits per heavy atom. The Balaban J connectivity index is 2.97. The molecule has 0 aromatic heterocycles. The van der Waals surface area contributed by atoms with Crippen molar-refractivity contribution < 1.29 is 4.74 Å². The molecule has 1 aliphatic carbocycles. The lowest BCUT2D eigenvalue weighted by molar-refractivity contribution is -0.0578. The minimum absolute atomic E-state index is 0.196. The average Bonchev–Trinajstić information content (AvgIpc) is 2.26. The first-order valence-corrected chi connectivity index (χ1v) is 6.11. The zero-order chi connectivity index (χ0) is 12.2. The van der Waals surface area contributed by atoms with Crippen LogP contribution in [-0.4, -0.2) is 12.2 Å². The zero-order valence-electron chi connectivity index (χ0n) is 10.7. The molecule has 1 saturated carbocycles. The third-order valence-corrected chi connectivity index (χ3v) is 3.63. The molecule has 90 valence electrons. The van der Waals surface area contributed by atoms with Crippen LogP contribution in [0.5, 0.6) is 0 Å². The highest BCUT2D eigenvalue weighted by Crippen LogP contribution is 2.44. The predicted molar refractivity (Wildman–Crippen MR) is 70.5 cm³/mol. The van der Waals surface area contributed by atoms with Gasteiger partial charge in [-0.1, -0.05) is 37.6 Å². The molecule has 0 bridgehead atoms. The number of hydrogen-bond acceptors (Lipinski definition) is 1. The fraction of sp³-hybridized carbons (Fsp3) is 0.600. The average molecular weight is 220 g/mol. The van der Waals surface area contributed by atoms with Crippen molar-refractivity contribution in [1.29, 1.82) is 0 Å². The predicted octanol–water partition coefficient (Wildman–Crippen LogP) is 4.27. The molecule has 1 heteroatoms. The van der Waals surface area contributed by atoms with Crippen LogP contribution in [0.1, 0.15) is 39.5 Å². The van der Waals surface area contributed by atoms with Gasteiger partial charge in [0.1, 0.15) is 0 Å². The Hall–Kier alpha value is -0.820. The third-order valence-electron chi connectivity index (χ3n) is 3.63. The normalized spacial score (nSPS) is 29.8. The molecule has 0 aromatic carbocycles. The van der Waals surface area contributed by atoms with Crippen LogP contribution < -0.4 is 0 Å². The standard InChI is InChI=1S/C15H24O/c1-6-11-16-15(13(4)5)10-8-7-9-14(15)12(2)3/h6,14H,1-2,4,7-11H2,3,5H3. The van der Waals surface area contributed by atoms with Gasteiger partial charge < -0.3 is 4.74 Å². The molecule has 1 rings (SSSR count). The molecule has 0 saturated heterocycles. The van der Waals surface area contributed by atoms with Crippen molar-refractivity contribution in [3.05, 3.63) is 37.0 Å². The smallest absolute Gasteiger partial charge is 0.0955 e. The summed E-state index contributed by atoms with van der Waals surface area (Å²) >= 11 is 0. The molecular formula is C15H24O. The fourth-order valence-electron chi connectivity index (χ4n) is 2.80. The second-order valence-corrected chi connectivity index (χ2v) is 4.91. The van der Waals surface area contributed by atoms with E-state index in [1.54, 1.807) is 0 Å². The van der Waals surface area contributed by atoms with Crippen LogP contribution in [0.3, 0.4) is 0 Å². The summed E-state index contributed by atoms with van der Waals surface area (Å²) in [7, 11) is 0. The molecule has 2 atom stereocenters. The highest BCUT2D eigenvalue weighted by Gasteiger charge is 2.42. The van der Waals surface area contributed by atoms with Crippen molar-refractivity contribution in [2.75, 3.05) is 6.61 Å². The van der Waals surface area contributed by atoms with Gasteiger partial charge in [0.15, 0.2) is 0 Å². The molecule has 16 heavy (non-hydrogen) atoms. The van der Waals surface area contributed by atoms with Crippen LogP contribution in [0.15, 0.2) is 37.0 Å². The summed E-state index contributed by atoms with van der Waals surface area (Å²) in [5, 5.41) is 0. The number of rotatable bonds is 5. The maximum atomic E-state index is 6.08. The lowest BCUT2D eigenvalue weighted by atomic mass is 9.69. The highest BCUT2D eigenvalue weighted by molar-refractivity contribution is 5.21. The van der Waals surface area contributed by atoms with Gasteiger partial charge in [0.25, 0.3) is 0 Å². The van der Waals surface area contributed by atoms with Crippen LogP contribution in [0.4, 0.5) is 0 Å². The molecular weight excluding hydrogens is 196 g/mol. The van der Waals surface area contributed by atoms with Crippen LogP contribution in [0.2, 0.25) is 0 Å². The summed E-state index contributed by atoms with van der Waals surface area (Å²) in [6, 6.07) is 0. The van der Waals surface area contributed by atoms with Crippen LogP contribution >= 0.6 is 0 Å². The Morgan fingerprint density at radius 1 is 1.38 bits per heavy atom. The van der Waals surface area contributed by atoms with E-state index in [0.29, 0.717) is 12.5 Å². The summed E-state index contributed by atoms with van der Waals surface area (Å²) < 4.78 is 6.08. The van der Waals surface area contributed by atoms with Crippen LogP contribution in [0.25, 0.3) is 0 Å². The van der Waals surface area contributed by atoms with E-state index >= 15 is 0 Å². The second kappa shape index (κ2) is 5.49. The van der Waals surface area contributed by atoms with Crippen molar-refractivity contribution >= 4 is 0 Å². The van der Waals surface area contributed by atoms with E-state index in [4.69, 9.17) is 4.74 Å². The third kappa shape index (κ3) is 2.46. The van der Waals surface area contributed by atoms with Crippen molar-refractivity contribution in [3.63, 3.8) is 0 Å². The molecule has 0 aromatic rings. The number of ether oxygens (including phenoxy) is 1. The summed E-state index contributed by atoms with van der Waals surface area (Å²) in [6.07, 6.45) is 6.53. The largest absolute Gasteiger partial charge is 0.366 e. The van der Waals surface area contributed by atoms with E-state index in [9.17, 15) is 0 Å². The SMILES string of the molecule is C=CCOC1(C(=C)C)CCCCC1C(=C)C. The van der Waals surface area contributed by atoms with Gasteiger partial charge in [0, 0.05) is 5.92 Å². The zero-order valence-corrected chi connectivity index (χ0v) is 10.7. The monoisotopic (exact) mass is 220 g/mol. The van der Waals surface area contributed by atoms with E-state index in [1.165, 1.54) is 24.8 Å². The first kappa shape index (κ1) is 13.2. The lowest BCUT2D eigenvalue weighted by Crippen LogP contribution is -2.44. The second-order valence-electron chi connectivity index (χ2n) is 4.91. The van der Waals surface area contributed by atoms with E-state index in [2.05, 4.69) is 33.6 Å². The molecule has 0 amide bonds. The van der Waals surface area contributed by atoms with Gasteiger partial charge in [-0.15, -0.1) is 6.58 Å². The van der Waals surface area contributed by atoms with E-state index in [0.717, 1.165) is 12.0 Å². The quantitative estimate of drug-likeness (QED) is 0.629. The molecule has 0 heterocycles. The molecule has 1 fully saturated rings. The van der Waals surface area contributed by atoms with Gasteiger partial charge in [-0.2, -0.15) is 0 Å². The van der Waals surface area contributed by atoms with Crippen LogP contribution in [0, 0.1) is 5.92 Å². The van der Waals surface area contributed by atoms with Gasteiger partial charge in [-0.25, -0.2) is 0 Å². The Morgan fingerprint density at radius 3 is 2.56 bits per heavy atom. The molecule has 2 unspecified atom stereocenters. The van der Waals surface area contributed by atoms with Crippen molar-refractivity contribution in [3.8, 4) is 0 Å². The topological polar surface area (TPSA) is 9.23 Å². The van der Waals surface area contributed by atoms with Crippen molar-refractivity contribution in [2.45, 2.75) is 45.1 Å². The summed E-state index contributed by atoms with van der Waals surface area (Å²) in [4.78, 5) is 0. The van der Waals surface area contributed by atoms with Gasteiger partial charge in [0.2, 0.25) is 0 Å². The lowest BCUT2D eigenvalue weighted by Gasteiger charge is -2.45. The highest BCUT2D eigenvalue weighted by atomic mass is 16.5. The van der Waals surface area contributed by atoms with E-state index in [-0.39, 0.29) is 5.60 Å². The van der Waals surface area contributed by atoms with Gasteiger partial charge in [-0.05, 0) is 32.3 Å². The van der Waals surface area contributed by atoms with Gasteiger partial charge in [0.05, 0.1) is 12.2 Å². The van der Waals surface area contributed by atoms with E-state index < -0.39 is 0 Å². The Labute approximate surface area is 99.9 Å². The molecule has 0 aliphatic heterocycles. The molecule has 0 radical (unpaired) electrons. The molecule has 0 N–H and O–H groups in total. The minimum atomic E-state index is -0.196. The maximum absolute atomic E-state index is 6.08. The van der Waals surface area contributed by atoms with Crippen LogP contribution in [-0.2, 0) is 4.74 Å². The summed E-state index contributed by atoms with van der Waals surface area (Å²) in [6.45, 7) is 16.8. The summed E-state index contributed by atoms with van der Waals surface area (Å²) in [5.74, 6) is 0.415. The Bertz CT molecular complexity index is 290. The first-order chi connectivity index (χ1) is 7.54. The van der Waals surface area contributed by atoms with Crippen molar-refractivity contribution in [1.82, 2.24) is 0 Å². The number of hydrogen-bond donors (Lipinski definition) is 0. The molecule has 1 aliphatic rings. The fourth-order valence-corrected chi connectivity index (χ4v) is 2.80. The molecule has 1 nitrogen and oxygen atoms in total. The van der Waals surface area contributed by atoms with Gasteiger partial charge >= 0.3 is 0 Å². The first-order valence-electron chi connectivity index (χ1n) is 6.11. The Kier molecular flexibility index (Phi) is 4.55. The molecule has 0 spiro atoms. The van der Waals surface area contributed by atoms with Crippen molar-refractivity contribution in [2.24, 2.45) is 5.92 Å². The summed E-state index contributed by atoms with van der Waals surface area (Å²) in [5.41, 5.74) is 2.15. The minimum Gasteiger partial charge on any atom is -0.366 e. The maximum Gasteiger partial charge on any atom is 0.0955 e.